The molecule has 4 nitrogen and oxygen atoms in total. The highest BCUT2D eigenvalue weighted by molar-refractivity contribution is 6.21. The van der Waals surface area contributed by atoms with Crippen molar-refractivity contribution in [2.45, 2.75) is 0 Å². The van der Waals surface area contributed by atoms with Crippen LogP contribution in [0.2, 0.25) is 0 Å². The molecule has 4 heteroatoms. The molecule has 0 spiro atoms. The van der Waals surface area contributed by atoms with Crippen molar-refractivity contribution < 1.29 is 8.83 Å². The fourth-order valence-electron chi connectivity index (χ4n) is 6.10. The quantitative estimate of drug-likeness (QED) is 0.237. The lowest BCUT2D eigenvalue weighted by atomic mass is 10.0. The summed E-state index contributed by atoms with van der Waals surface area (Å²) < 4.78 is 14.6. The summed E-state index contributed by atoms with van der Waals surface area (Å²) in [6.45, 7) is 0. The van der Waals surface area contributed by atoms with Gasteiger partial charge in [0.2, 0.25) is 5.89 Å². The van der Waals surface area contributed by atoms with Crippen LogP contribution in [0.4, 0.5) is 0 Å². The van der Waals surface area contributed by atoms with Gasteiger partial charge in [-0.25, -0.2) is 4.98 Å². The maximum absolute atomic E-state index is 6.24. The minimum absolute atomic E-state index is 0.600. The fraction of sp³-hybridized carbons (Fsp3) is 0. The Morgan fingerprint density at radius 2 is 1.23 bits per heavy atom. The molecule has 0 saturated carbocycles. The van der Waals surface area contributed by atoms with Crippen molar-refractivity contribution in [1.29, 1.82) is 0 Å². The average Bonchev–Trinajstić information content (AvgIpc) is 3.68. The number of benzene rings is 6. The molecular formula is C35H20N2O2. The molecule has 3 aromatic heterocycles. The van der Waals surface area contributed by atoms with Gasteiger partial charge in [0.05, 0.1) is 16.4 Å². The largest absolute Gasteiger partial charge is 0.456 e. The van der Waals surface area contributed by atoms with Gasteiger partial charge in [0.15, 0.2) is 5.58 Å². The molecule has 0 N–H and O–H groups in total. The van der Waals surface area contributed by atoms with Gasteiger partial charge in [-0.3, -0.25) is 0 Å². The zero-order chi connectivity index (χ0) is 25.5. The number of hydrogen-bond acceptors (Lipinski definition) is 3. The lowest BCUT2D eigenvalue weighted by Gasteiger charge is -2.09. The van der Waals surface area contributed by atoms with E-state index in [4.69, 9.17) is 13.8 Å². The SMILES string of the molecule is c1ccc2c(c1)ccc1c2c2ccccc2n1-c1ccc(-c2nc3c(ccc4oc5ccccc5c43)o2)cc1. The van der Waals surface area contributed by atoms with Gasteiger partial charge >= 0.3 is 0 Å². The topological polar surface area (TPSA) is 44.1 Å². The molecule has 0 fully saturated rings. The summed E-state index contributed by atoms with van der Waals surface area (Å²) in [5, 5.41) is 7.09. The first kappa shape index (κ1) is 20.7. The van der Waals surface area contributed by atoms with Crippen LogP contribution in [0, 0.1) is 0 Å². The Kier molecular flexibility index (Phi) is 4.02. The fourth-order valence-corrected chi connectivity index (χ4v) is 6.10. The molecule has 0 amide bonds. The third kappa shape index (κ3) is 2.85. The van der Waals surface area contributed by atoms with E-state index in [-0.39, 0.29) is 0 Å². The number of rotatable bonds is 2. The standard InChI is InChI=1S/C35H20N2O2/c1-2-8-24-21(7-1)15-18-28-32(24)25-9-3-5-11-27(25)37(28)23-16-13-22(14-17-23)35-36-34-31(39-35)20-19-30-33(34)26-10-4-6-12-29(26)38-30/h1-20H. The Hall–Kier alpha value is -5.35. The van der Waals surface area contributed by atoms with Crippen LogP contribution in [0.15, 0.2) is 130 Å². The van der Waals surface area contributed by atoms with Crippen molar-refractivity contribution in [3.8, 4) is 17.1 Å². The van der Waals surface area contributed by atoms with Crippen molar-refractivity contribution in [3.05, 3.63) is 121 Å². The number of nitrogens with zero attached hydrogens (tertiary/aromatic N) is 2. The van der Waals surface area contributed by atoms with E-state index >= 15 is 0 Å². The van der Waals surface area contributed by atoms with Gasteiger partial charge in [-0.2, -0.15) is 0 Å². The zero-order valence-corrected chi connectivity index (χ0v) is 20.8. The van der Waals surface area contributed by atoms with Crippen LogP contribution in [-0.2, 0) is 0 Å². The van der Waals surface area contributed by atoms with E-state index in [2.05, 4.69) is 95.6 Å². The molecule has 0 saturated heterocycles. The van der Waals surface area contributed by atoms with Crippen LogP contribution < -0.4 is 0 Å². The van der Waals surface area contributed by atoms with Crippen LogP contribution in [0.3, 0.4) is 0 Å². The van der Waals surface area contributed by atoms with Crippen LogP contribution in [0.5, 0.6) is 0 Å². The summed E-state index contributed by atoms with van der Waals surface area (Å²) in [6, 6.07) is 42.1. The summed E-state index contributed by atoms with van der Waals surface area (Å²) in [5.74, 6) is 0.600. The van der Waals surface area contributed by atoms with Crippen molar-refractivity contribution in [2.75, 3.05) is 0 Å². The predicted octanol–water partition coefficient (Wildman–Crippen LogP) is 9.64. The van der Waals surface area contributed by atoms with E-state index < -0.39 is 0 Å². The second-order valence-electron chi connectivity index (χ2n) is 9.98. The van der Waals surface area contributed by atoms with Gasteiger partial charge in [-0.1, -0.05) is 66.7 Å². The van der Waals surface area contributed by atoms with Gasteiger partial charge in [-0.15, -0.1) is 0 Å². The molecule has 9 aromatic rings. The summed E-state index contributed by atoms with van der Waals surface area (Å²) in [6.07, 6.45) is 0. The number of para-hydroxylation sites is 2. The van der Waals surface area contributed by atoms with Gasteiger partial charge in [-0.05, 0) is 65.4 Å². The van der Waals surface area contributed by atoms with E-state index in [0.29, 0.717) is 5.89 Å². The third-order valence-electron chi connectivity index (χ3n) is 7.83. The highest BCUT2D eigenvalue weighted by Crippen LogP contribution is 2.38. The molecule has 3 heterocycles. The summed E-state index contributed by atoms with van der Waals surface area (Å²) in [5.41, 5.74) is 7.66. The highest BCUT2D eigenvalue weighted by Gasteiger charge is 2.17. The number of oxazole rings is 1. The van der Waals surface area contributed by atoms with Crippen LogP contribution >= 0.6 is 0 Å². The number of furan rings is 1. The van der Waals surface area contributed by atoms with Gasteiger partial charge < -0.3 is 13.4 Å². The van der Waals surface area contributed by atoms with E-state index in [1.165, 1.54) is 32.6 Å². The van der Waals surface area contributed by atoms with E-state index in [9.17, 15) is 0 Å². The number of hydrogen-bond donors (Lipinski definition) is 0. The zero-order valence-electron chi connectivity index (χ0n) is 20.8. The lowest BCUT2D eigenvalue weighted by molar-refractivity contribution is 0.619. The molecule has 6 aromatic carbocycles. The van der Waals surface area contributed by atoms with Crippen LogP contribution in [-0.4, -0.2) is 9.55 Å². The Morgan fingerprint density at radius 1 is 0.487 bits per heavy atom. The van der Waals surface area contributed by atoms with Crippen molar-refractivity contribution in [3.63, 3.8) is 0 Å². The second-order valence-corrected chi connectivity index (χ2v) is 9.98. The lowest BCUT2D eigenvalue weighted by Crippen LogP contribution is -1.93. The average molecular weight is 501 g/mol. The van der Waals surface area contributed by atoms with E-state index in [0.717, 1.165) is 44.3 Å². The third-order valence-corrected chi connectivity index (χ3v) is 7.83. The molecule has 0 atom stereocenters. The second kappa shape index (κ2) is 7.59. The van der Waals surface area contributed by atoms with E-state index in [1.54, 1.807) is 0 Å². The smallest absolute Gasteiger partial charge is 0.227 e. The Balaban J connectivity index is 1.22. The van der Waals surface area contributed by atoms with Gasteiger partial charge in [0.25, 0.3) is 0 Å². The molecule has 39 heavy (non-hydrogen) atoms. The molecule has 0 radical (unpaired) electrons. The Bertz CT molecular complexity index is 2390. The normalized spacial score (nSPS) is 12.1. The van der Waals surface area contributed by atoms with Crippen molar-refractivity contribution in [1.82, 2.24) is 9.55 Å². The first-order chi connectivity index (χ1) is 19.3. The van der Waals surface area contributed by atoms with E-state index in [1.807, 2.05) is 30.3 Å². The molecule has 0 aliphatic rings. The maximum atomic E-state index is 6.24. The Morgan fingerprint density at radius 3 is 2.13 bits per heavy atom. The summed E-state index contributed by atoms with van der Waals surface area (Å²) >= 11 is 0. The molecule has 0 bridgehead atoms. The highest BCUT2D eigenvalue weighted by atomic mass is 16.4. The van der Waals surface area contributed by atoms with Gasteiger partial charge in [0, 0.05) is 27.4 Å². The maximum Gasteiger partial charge on any atom is 0.227 e. The summed E-state index contributed by atoms with van der Waals surface area (Å²) in [7, 11) is 0. The monoisotopic (exact) mass is 500 g/mol. The molecule has 0 unspecified atom stereocenters. The molecule has 0 aliphatic carbocycles. The van der Waals surface area contributed by atoms with Crippen LogP contribution in [0.25, 0.3) is 82.8 Å². The summed E-state index contributed by atoms with van der Waals surface area (Å²) in [4.78, 5) is 4.93. The van der Waals surface area contributed by atoms with Gasteiger partial charge in [0.1, 0.15) is 16.7 Å². The molecule has 9 rings (SSSR count). The first-order valence-corrected chi connectivity index (χ1v) is 13.1. The minimum atomic E-state index is 0.600. The van der Waals surface area contributed by atoms with Crippen molar-refractivity contribution in [2.24, 2.45) is 0 Å². The molecular weight excluding hydrogens is 480 g/mol. The van der Waals surface area contributed by atoms with Crippen LogP contribution in [0.1, 0.15) is 0 Å². The first-order valence-electron chi connectivity index (χ1n) is 13.1. The Labute approximate surface area is 222 Å². The minimum Gasteiger partial charge on any atom is -0.456 e. The number of fused-ring (bicyclic) bond motifs is 10. The predicted molar refractivity (Wildman–Crippen MR) is 159 cm³/mol. The number of aromatic nitrogens is 2. The molecule has 0 aliphatic heterocycles. The van der Waals surface area contributed by atoms with Crippen molar-refractivity contribution >= 4 is 65.6 Å². The molecule has 182 valence electrons.